The Bertz CT molecular complexity index is 659. The van der Waals surface area contributed by atoms with Crippen LogP contribution in [0, 0.1) is 6.92 Å². The number of hydrogen-bond acceptors (Lipinski definition) is 1. The molecule has 0 atom stereocenters. The molecule has 1 aliphatic heterocycles. The van der Waals surface area contributed by atoms with Crippen molar-refractivity contribution >= 4 is 10.9 Å². The molecule has 0 saturated heterocycles. The predicted octanol–water partition coefficient (Wildman–Crippen LogP) is 2.51. The van der Waals surface area contributed by atoms with Crippen molar-refractivity contribution in [2.24, 2.45) is 0 Å². The maximum absolute atomic E-state index is 8.78. The number of aliphatic hydroxyl groups excluding tert-OH is 1. The number of rotatable bonds is 3. The van der Waals surface area contributed by atoms with Crippen LogP contribution in [0.2, 0.25) is 0 Å². The smallest absolute Gasteiger partial charge is 0.129 e. The number of aromatic amines is 1. The van der Waals surface area contributed by atoms with Crippen LogP contribution in [0.4, 0.5) is 0 Å². The Kier molecular flexibility index (Phi) is 3.17. The van der Waals surface area contributed by atoms with Crippen LogP contribution >= 0.6 is 0 Å². The molecule has 0 aliphatic carbocycles. The Balaban J connectivity index is 0.000000180. The van der Waals surface area contributed by atoms with Gasteiger partial charge in [0.25, 0.3) is 0 Å². The van der Waals surface area contributed by atoms with E-state index in [0.29, 0.717) is 0 Å². The first-order chi connectivity index (χ1) is 9.28. The van der Waals surface area contributed by atoms with Gasteiger partial charge in [0, 0.05) is 36.1 Å². The van der Waals surface area contributed by atoms with E-state index in [4.69, 9.17) is 5.11 Å². The Morgan fingerprint density at radius 2 is 2.05 bits per heavy atom. The Morgan fingerprint density at radius 1 is 1.26 bits per heavy atom. The van der Waals surface area contributed by atoms with Crippen LogP contribution in [0.3, 0.4) is 0 Å². The molecule has 0 bridgehead atoms. The summed E-state index contributed by atoms with van der Waals surface area (Å²) in [5.41, 5.74) is 3.77. The van der Waals surface area contributed by atoms with E-state index in [2.05, 4.69) is 51.9 Å². The lowest BCUT2D eigenvalue weighted by Gasteiger charge is -1.98. The van der Waals surface area contributed by atoms with Crippen molar-refractivity contribution < 1.29 is 5.11 Å². The van der Waals surface area contributed by atoms with Gasteiger partial charge in [-0.25, -0.2) is 0 Å². The molecule has 4 heteroatoms. The maximum Gasteiger partial charge on any atom is 0.129 e. The van der Waals surface area contributed by atoms with E-state index < -0.39 is 0 Å². The Hall–Kier alpha value is -1.94. The zero-order valence-electron chi connectivity index (χ0n) is 11.1. The standard InChI is InChI=1S/C12H15NO.C3H4N2/c1-9-4-5-12-11(7-9)10(8-13-12)3-2-6-14;1-2-5-3-4(1)5/h4-5,7-8,13-14H,2-3,6H2,1H3;1-2H,3H2. The van der Waals surface area contributed by atoms with Crippen molar-refractivity contribution in [3.8, 4) is 0 Å². The van der Waals surface area contributed by atoms with E-state index in [1.807, 2.05) is 6.20 Å². The first-order valence-electron chi connectivity index (χ1n) is 6.67. The summed E-state index contributed by atoms with van der Waals surface area (Å²) in [5.74, 6) is 0. The number of aliphatic hydroxyl groups is 1. The van der Waals surface area contributed by atoms with Crippen LogP contribution in [0.25, 0.3) is 10.9 Å². The van der Waals surface area contributed by atoms with Gasteiger partial charge in [-0.15, -0.1) is 0 Å². The van der Waals surface area contributed by atoms with Crippen molar-refractivity contribution in [3.05, 3.63) is 47.9 Å². The number of benzene rings is 1. The molecule has 4 nitrogen and oxygen atoms in total. The fourth-order valence-electron chi connectivity index (χ4n) is 2.24. The van der Waals surface area contributed by atoms with Gasteiger partial charge in [-0.1, -0.05) is 11.6 Å². The van der Waals surface area contributed by atoms with Crippen LogP contribution in [-0.2, 0) is 13.1 Å². The van der Waals surface area contributed by atoms with E-state index in [0.717, 1.165) is 19.5 Å². The molecule has 3 aromatic rings. The van der Waals surface area contributed by atoms with Crippen molar-refractivity contribution in [1.82, 2.24) is 14.3 Å². The summed E-state index contributed by atoms with van der Waals surface area (Å²) in [6.45, 7) is 3.50. The molecule has 2 aromatic heterocycles. The second kappa shape index (κ2) is 4.97. The summed E-state index contributed by atoms with van der Waals surface area (Å²) in [5, 5.41) is 10.1. The third-order valence-corrected chi connectivity index (χ3v) is 3.47. The fourth-order valence-corrected chi connectivity index (χ4v) is 2.24. The van der Waals surface area contributed by atoms with Crippen molar-refractivity contribution in [2.75, 3.05) is 6.61 Å². The predicted molar refractivity (Wildman–Crippen MR) is 76.3 cm³/mol. The van der Waals surface area contributed by atoms with Gasteiger partial charge in [0.15, 0.2) is 0 Å². The summed E-state index contributed by atoms with van der Waals surface area (Å²) < 4.78 is 4.25. The maximum atomic E-state index is 8.78. The summed E-state index contributed by atoms with van der Waals surface area (Å²) in [6, 6.07) is 6.40. The third-order valence-electron chi connectivity index (χ3n) is 3.47. The topological polar surface area (TPSA) is 45.9 Å². The molecule has 3 heterocycles. The Morgan fingerprint density at radius 3 is 2.63 bits per heavy atom. The van der Waals surface area contributed by atoms with Crippen LogP contribution in [0.15, 0.2) is 36.8 Å². The number of aryl methyl sites for hydroxylation is 2. The third kappa shape index (κ3) is 2.58. The second-order valence-corrected chi connectivity index (χ2v) is 5.01. The lowest BCUT2D eigenvalue weighted by Crippen LogP contribution is -1.87. The quantitative estimate of drug-likeness (QED) is 0.582. The molecule has 19 heavy (non-hydrogen) atoms. The zero-order chi connectivity index (χ0) is 13.2. The lowest BCUT2D eigenvalue weighted by atomic mass is 10.1. The van der Waals surface area contributed by atoms with E-state index in [-0.39, 0.29) is 6.61 Å². The molecule has 100 valence electrons. The van der Waals surface area contributed by atoms with E-state index in [1.54, 1.807) is 0 Å². The van der Waals surface area contributed by atoms with Gasteiger partial charge < -0.3 is 10.1 Å². The molecule has 0 amide bonds. The number of nitrogens with zero attached hydrogens (tertiary/aromatic N) is 2. The molecule has 0 radical (unpaired) electrons. The number of fused-ring (bicyclic) bond motifs is 2. The van der Waals surface area contributed by atoms with Crippen LogP contribution < -0.4 is 0 Å². The molecule has 0 saturated carbocycles. The summed E-state index contributed by atoms with van der Waals surface area (Å²) in [7, 11) is 0. The lowest BCUT2D eigenvalue weighted by molar-refractivity contribution is 0.289. The largest absolute Gasteiger partial charge is 0.396 e. The highest BCUT2D eigenvalue weighted by molar-refractivity contribution is 5.83. The summed E-state index contributed by atoms with van der Waals surface area (Å²) in [4.78, 5) is 3.24. The first-order valence-corrected chi connectivity index (χ1v) is 6.67. The van der Waals surface area contributed by atoms with E-state index >= 15 is 0 Å². The molecule has 2 N–H and O–H groups in total. The summed E-state index contributed by atoms with van der Waals surface area (Å²) in [6.07, 6.45) is 7.93. The van der Waals surface area contributed by atoms with Crippen LogP contribution in [-0.4, -0.2) is 26.1 Å². The first kappa shape index (κ1) is 12.1. The minimum absolute atomic E-state index is 0.262. The number of H-pyrrole nitrogens is 1. The number of nitrogens with one attached hydrogen (secondary N) is 1. The minimum atomic E-state index is 0.262. The highest BCUT2D eigenvalue weighted by Gasteiger charge is 2.10. The minimum Gasteiger partial charge on any atom is -0.396 e. The molecular weight excluding hydrogens is 238 g/mol. The van der Waals surface area contributed by atoms with Gasteiger partial charge >= 0.3 is 0 Å². The molecule has 0 fully saturated rings. The van der Waals surface area contributed by atoms with Crippen molar-refractivity contribution in [1.29, 1.82) is 0 Å². The van der Waals surface area contributed by atoms with Gasteiger partial charge in [0.1, 0.15) is 6.67 Å². The average Bonchev–Trinajstić information content (AvgIpc) is 2.83. The molecule has 1 aromatic carbocycles. The molecule has 0 unspecified atom stereocenters. The SMILES string of the molecule is Cc1ccc2[nH]cc(CCCO)c2c1.c1cn2n1C2. The summed E-state index contributed by atoms with van der Waals surface area (Å²) >= 11 is 0. The zero-order valence-corrected chi connectivity index (χ0v) is 11.1. The molecule has 4 rings (SSSR count). The fraction of sp³-hybridized carbons (Fsp3) is 0.333. The van der Waals surface area contributed by atoms with E-state index in [1.165, 1.54) is 22.0 Å². The monoisotopic (exact) mass is 257 g/mol. The molecule has 1 aliphatic rings. The average molecular weight is 257 g/mol. The molecular formula is C15H19N3O. The van der Waals surface area contributed by atoms with E-state index in [9.17, 15) is 0 Å². The number of hydrogen-bond donors (Lipinski definition) is 2. The van der Waals surface area contributed by atoms with Gasteiger partial charge in [0.2, 0.25) is 0 Å². The highest BCUT2D eigenvalue weighted by atomic mass is 16.2. The Labute approximate surface area is 112 Å². The van der Waals surface area contributed by atoms with Crippen LogP contribution in [0.5, 0.6) is 0 Å². The highest BCUT2D eigenvalue weighted by Crippen LogP contribution is 2.20. The molecule has 0 spiro atoms. The van der Waals surface area contributed by atoms with Gasteiger partial charge in [-0.2, -0.15) is 0 Å². The normalized spacial score (nSPS) is 12.1. The van der Waals surface area contributed by atoms with Gasteiger partial charge in [0.05, 0.1) is 0 Å². The van der Waals surface area contributed by atoms with Crippen LogP contribution in [0.1, 0.15) is 17.5 Å². The van der Waals surface area contributed by atoms with Crippen molar-refractivity contribution in [3.63, 3.8) is 0 Å². The van der Waals surface area contributed by atoms with Gasteiger partial charge in [-0.3, -0.25) is 9.36 Å². The van der Waals surface area contributed by atoms with Gasteiger partial charge in [-0.05, 0) is 37.5 Å². The number of aromatic nitrogens is 3. The van der Waals surface area contributed by atoms with Crippen molar-refractivity contribution in [2.45, 2.75) is 26.4 Å². The second-order valence-electron chi connectivity index (χ2n) is 5.01.